The van der Waals surface area contributed by atoms with Crippen molar-refractivity contribution in [2.75, 3.05) is 37.7 Å². The molecule has 6 heteroatoms. The molecule has 0 radical (unpaired) electrons. The van der Waals surface area contributed by atoms with E-state index in [1.54, 1.807) is 12.1 Å². The fourth-order valence-corrected chi connectivity index (χ4v) is 3.08. The number of piperazine rings is 1. The summed E-state index contributed by atoms with van der Waals surface area (Å²) in [5.41, 5.74) is 0.914. The normalized spacial score (nSPS) is 14.6. The van der Waals surface area contributed by atoms with Crippen LogP contribution in [0.4, 0.5) is 5.69 Å². The van der Waals surface area contributed by atoms with Crippen LogP contribution in [0.25, 0.3) is 0 Å². The molecule has 1 fully saturated rings. The first-order valence-electron chi connectivity index (χ1n) is 7.79. The largest absolute Gasteiger partial charge is 0.484 e. The SMILES string of the molecule is O=C(COc1ccccc1)N1CCN(c2cc(Cl)ccc2Cl)CC1. The van der Waals surface area contributed by atoms with Crippen molar-refractivity contribution in [3.8, 4) is 5.75 Å². The second-order valence-electron chi connectivity index (χ2n) is 5.57. The zero-order chi connectivity index (χ0) is 16.9. The number of rotatable bonds is 4. The first-order valence-corrected chi connectivity index (χ1v) is 8.55. The van der Waals surface area contributed by atoms with Gasteiger partial charge in [-0.25, -0.2) is 0 Å². The molecular weight excluding hydrogens is 347 g/mol. The Kier molecular flexibility index (Phi) is 5.48. The summed E-state index contributed by atoms with van der Waals surface area (Å²) in [4.78, 5) is 16.2. The van der Waals surface area contributed by atoms with Crippen LogP contribution < -0.4 is 9.64 Å². The average molecular weight is 365 g/mol. The summed E-state index contributed by atoms with van der Waals surface area (Å²) in [6.45, 7) is 2.77. The molecular formula is C18H18Cl2N2O2. The number of carbonyl (C=O) groups is 1. The lowest BCUT2D eigenvalue weighted by atomic mass is 10.2. The Morgan fingerprint density at radius 3 is 2.42 bits per heavy atom. The van der Waals surface area contributed by atoms with Crippen molar-refractivity contribution in [2.24, 2.45) is 0 Å². The maximum Gasteiger partial charge on any atom is 0.260 e. The third-order valence-electron chi connectivity index (χ3n) is 3.99. The average Bonchev–Trinajstić information content (AvgIpc) is 2.63. The fourth-order valence-electron chi connectivity index (χ4n) is 2.68. The van der Waals surface area contributed by atoms with Crippen LogP contribution in [-0.4, -0.2) is 43.6 Å². The van der Waals surface area contributed by atoms with Crippen LogP contribution in [0.15, 0.2) is 48.5 Å². The van der Waals surface area contributed by atoms with E-state index in [4.69, 9.17) is 27.9 Å². The van der Waals surface area contributed by atoms with Crippen molar-refractivity contribution in [3.05, 3.63) is 58.6 Å². The second kappa shape index (κ2) is 7.77. The molecule has 2 aromatic carbocycles. The number of halogens is 2. The van der Waals surface area contributed by atoms with E-state index < -0.39 is 0 Å². The number of anilines is 1. The molecule has 0 bridgehead atoms. The van der Waals surface area contributed by atoms with Crippen LogP contribution in [-0.2, 0) is 4.79 Å². The van der Waals surface area contributed by atoms with Gasteiger partial charge in [-0.05, 0) is 30.3 Å². The zero-order valence-corrected chi connectivity index (χ0v) is 14.6. The van der Waals surface area contributed by atoms with E-state index >= 15 is 0 Å². The number of para-hydroxylation sites is 1. The Morgan fingerprint density at radius 1 is 1.00 bits per heavy atom. The molecule has 126 valence electrons. The Hall–Kier alpha value is -1.91. The van der Waals surface area contributed by atoms with Gasteiger partial charge in [0.2, 0.25) is 0 Å². The number of hydrogen-bond acceptors (Lipinski definition) is 3. The molecule has 0 atom stereocenters. The Morgan fingerprint density at radius 2 is 1.71 bits per heavy atom. The van der Waals surface area contributed by atoms with Gasteiger partial charge in [0.25, 0.3) is 5.91 Å². The van der Waals surface area contributed by atoms with Gasteiger partial charge >= 0.3 is 0 Å². The molecule has 24 heavy (non-hydrogen) atoms. The van der Waals surface area contributed by atoms with E-state index in [0.29, 0.717) is 28.9 Å². The lowest BCUT2D eigenvalue weighted by Crippen LogP contribution is -2.50. The molecule has 0 unspecified atom stereocenters. The van der Waals surface area contributed by atoms with Crippen LogP contribution in [0, 0.1) is 0 Å². The summed E-state index contributed by atoms with van der Waals surface area (Å²) < 4.78 is 5.52. The molecule has 2 aromatic rings. The Labute approximate surface area is 151 Å². The van der Waals surface area contributed by atoms with Gasteiger partial charge in [-0.3, -0.25) is 4.79 Å². The van der Waals surface area contributed by atoms with Gasteiger partial charge in [0.1, 0.15) is 5.75 Å². The molecule has 1 aliphatic rings. The highest BCUT2D eigenvalue weighted by Gasteiger charge is 2.22. The monoisotopic (exact) mass is 364 g/mol. The molecule has 0 saturated carbocycles. The minimum atomic E-state index is -0.00399. The van der Waals surface area contributed by atoms with E-state index in [0.717, 1.165) is 18.8 Å². The number of hydrogen-bond donors (Lipinski definition) is 0. The van der Waals surface area contributed by atoms with Gasteiger partial charge in [-0.1, -0.05) is 41.4 Å². The maximum absolute atomic E-state index is 12.3. The zero-order valence-electron chi connectivity index (χ0n) is 13.1. The standard InChI is InChI=1S/C18H18Cl2N2O2/c19-14-6-7-16(20)17(12-14)21-8-10-22(11-9-21)18(23)13-24-15-4-2-1-3-5-15/h1-7,12H,8-11,13H2. The van der Waals surface area contributed by atoms with E-state index in [9.17, 15) is 4.79 Å². The van der Waals surface area contributed by atoms with Gasteiger partial charge in [-0.2, -0.15) is 0 Å². The van der Waals surface area contributed by atoms with Crippen LogP contribution in [0.2, 0.25) is 10.0 Å². The van der Waals surface area contributed by atoms with Gasteiger partial charge in [-0.15, -0.1) is 0 Å². The van der Waals surface area contributed by atoms with E-state index in [1.165, 1.54) is 0 Å². The third kappa shape index (κ3) is 4.13. The predicted octanol–water partition coefficient (Wildman–Crippen LogP) is 3.72. The summed E-state index contributed by atoms with van der Waals surface area (Å²) in [5, 5.41) is 1.33. The van der Waals surface area contributed by atoms with Crippen molar-refractivity contribution < 1.29 is 9.53 Å². The lowest BCUT2D eigenvalue weighted by Gasteiger charge is -2.36. The summed E-state index contributed by atoms with van der Waals surface area (Å²) in [7, 11) is 0. The van der Waals surface area contributed by atoms with Crippen LogP contribution in [0.3, 0.4) is 0 Å². The molecule has 0 aromatic heterocycles. The second-order valence-corrected chi connectivity index (χ2v) is 6.41. The molecule has 1 heterocycles. The highest BCUT2D eigenvalue weighted by molar-refractivity contribution is 6.35. The fraction of sp³-hybridized carbons (Fsp3) is 0.278. The van der Waals surface area contributed by atoms with Gasteiger partial charge < -0.3 is 14.5 Å². The van der Waals surface area contributed by atoms with E-state index in [2.05, 4.69) is 4.90 Å². The van der Waals surface area contributed by atoms with Crippen LogP contribution >= 0.6 is 23.2 Å². The van der Waals surface area contributed by atoms with E-state index in [1.807, 2.05) is 41.3 Å². The minimum Gasteiger partial charge on any atom is -0.484 e. The molecule has 1 amide bonds. The number of carbonyl (C=O) groups excluding carboxylic acids is 1. The summed E-state index contributed by atoms with van der Waals surface area (Å²) in [6.07, 6.45) is 0. The van der Waals surface area contributed by atoms with Crippen molar-refractivity contribution in [1.82, 2.24) is 4.90 Å². The minimum absolute atomic E-state index is 0.00399. The van der Waals surface area contributed by atoms with Gasteiger partial charge in [0, 0.05) is 31.2 Å². The van der Waals surface area contributed by atoms with Crippen molar-refractivity contribution >= 4 is 34.8 Å². The van der Waals surface area contributed by atoms with Gasteiger partial charge in [0.15, 0.2) is 6.61 Å². The molecule has 1 saturated heterocycles. The first-order chi connectivity index (χ1) is 11.6. The number of benzene rings is 2. The Balaban J connectivity index is 1.53. The lowest BCUT2D eigenvalue weighted by molar-refractivity contribution is -0.133. The summed E-state index contributed by atoms with van der Waals surface area (Å²) in [6, 6.07) is 14.8. The first kappa shape index (κ1) is 16.9. The summed E-state index contributed by atoms with van der Waals surface area (Å²) >= 11 is 12.3. The van der Waals surface area contributed by atoms with Crippen LogP contribution in [0.5, 0.6) is 5.75 Å². The molecule has 0 spiro atoms. The highest BCUT2D eigenvalue weighted by atomic mass is 35.5. The van der Waals surface area contributed by atoms with Gasteiger partial charge in [0.05, 0.1) is 10.7 Å². The van der Waals surface area contributed by atoms with Crippen LogP contribution in [0.1, 0.15) is 0 Å². The van der Waals surface area contributed by atoms with Crippen molar-refractivity contribution in [3.63, 3.8) is 0 Å². The number of nitrogens with zero attached hydrogens (tertiary/aromatic N) is 2. The molecule has 0 N–H and O–H groups in total. The van der Waals surface area contributed by atoms with E-state index in [-0.39, 0.29) is 12.5 Å². The molecule has 1 aliphatic heterocycles. The highest BCUT2D eigenvalue weighted by Crippen LogP contribution is 2.29. The summed E-state index contributed by atoms with van der Waals surface area (Å²) in [5.74, 6) is 0.700. The number of ether oxygens (including phenoxy) is 1. The van der Waals surface area contributed by atoms with Crippen molar-refractivity contribution in [1.29, 1.82) is 0 Å². The number of amides is 1. The molecule has 3 rings (SSSR count). The quantitative estimate of drug-likeness (QED) is 0.828. The Bertz CT molecular complexity index is 701. The maximum atomic E-state index is 12.3. The molecule has 4 nitrogen and oxygen atoms in total. The molecule has 0 aliphatic carbocycles. The third-order valence-corrected chi connectivity index (χ3v) is 4.54. The smallest absolute Gasteiger partial charge is 0.260 e. The predicted molar refractivity (Wildman–Crippen MR) is 97.2 cm³/mol. The van der Waals surface area contributed by atoms with Crippen molar-refractivity contribution in [2.45, 2.75) is 0 Å². The topological polar surface area (TPSA) is 32.8 Å².